The summed E-state index contributed by atoms with van der Waals surface area (Å²) in [7, 11) is 1.69. The number of rotatable bonds is 9. The van der Waals surface area contributed by atoms with Crippen molar-refractivity contribution in [3.8, 4) is 5.75 Å². The number of benzene rings is 2. The van der Waals surface area contributed by atoms with E-state index in [9.17, 15) is 9.59 Å². The van der Waals surface area contributed by atoms with Crippen LogP contribution in [0.25, 0.3) is 0 Å². The lowest BCUT2D eigenvalue weighted by Crippen LogP contribution is -2.58. The molecule has 3 aromatic rings. The molecule has 1 aliphatic carbocycles. The average Bonchev–Trinajstić information content (AvgIpc) is 3.54. The highest BCUT2D eigenvalue weighted by Crippen LogP contribution is 2.29. The van der Waals surface area contributed by atoms with Crippen molar-refractivity contribution in [1.29, 1.82) is 0 Å². The number of nitrogens with two attached hydrogens (primary N) is 1. The highest BCUT2D eigenvalue weighted by molar-refractivity contribution is 7.12. The van der Waals surface area contributed by atoms with Crippen molar-refractivity contribution in [1.82, 2.24) is 15.1 Å². The first-order chi connectivity index (χ1) is 19.9. The Labute approximate surface area is 247 Å². The van der Waals surface area contributed by atoms with Crippen LogP contribution in [0.2, 0.25) is 0 Å². The number of methoxy groups -OCH3 is 1. The van der Waals surface area contributed by atoms with Gasteiger partial charge in [0.15, 0.2) is 0 Å². The summed E-state index contributed by atoms with van der Waals surface area (Å²) in [6.45, 7) is 4.12. The standard InChI is InChI=1S/C33H42N4O3S/c1-23-8-10-24(11-9-23)21-36(22-25-5-3-6-29(19-25)40-2)28-16-17-37(33(39)31-7-4-18-41-31)30(20-28)32(38)35-27-14-12-26(34)13-15-27/h3-11,18-19,26-28,30H,12-17,20-22,34H2,1-2H3,(H,35,38)/t26?,27?,28?,30-/m1/s1. The molecule has 2 amide bonds. The number of carbonyl (C=O) groups excluding carboxylic acids is 2. The fraction of sp³-hybridized carbons (Fsp3) is 0.455. The zero-order valence-corrected chi connectivity index (χ0v) is 24.9. The molecule has 1 saturated heterocycles. The van der Waals surface area contributed by atoms with Crippen LogP contribution in [0, 0.1) is 6.92 Å². The molecule has 2 fully saturated rings. The van der Waals surface area contributed by atoms with Gasteiger partial charge in [-0.05, 0) is 80.2 Å². The first-order valence-corrected chi connectivity index (χ1v) is 15.6. The Hall–Kier alpha value is -3.20. The fourth-order valence-electron chi connectivity index (χ4n) is 6.12. The second kappa shape index (κ2) is 13.6. The van der Waals surface area contributed by atoms with Crippen molar-refractivity contribution in [2.75, 3.05) is 13.7 Å². The van der Waals surface area contributed by atoms with E-state index in [2.05, 4.69) is 53.5 Å². The predicted octanol–water partition coefficient (Wildman–Crippen LogP) is 5.13. The number of thiophene rings is 1. The Morgan fingerprint density at radius 1 is 1.00 bits per heavy atom. The second-order valence-electron chi connectivity index (χ2n) is 11.5. The van der Waals surface area contributed by atoms with E-state index in [0.717, 1.165) is 56.5 Å². The van der Waals surface area contributed by atoms with Gasteiger partial charge in [-0.1, -0.05) is 48.0 Å². The number of nitrogens with zero attached hydrogens (tertiary/aromatic N) is 2. The molecule has 41 heavy (non-hydrogen) atoms. The maximum absolute atomic E-state index is 13.9. The molecule has 1 saturated carbocycles. The molecule has 0 radical (unpaired) electrons. The summed E-state index contributed by atoms with van der Waals surface area (Å²) in [5.74, 6) is 0.734. The SMILES string of the molecule is COc1cccc(CN(Cc2ccc(C)cc2)C2CCN(C(=O)c3cccs3)[C@@H](C(=O)NC3CCC(N)CC3)C2)c1. The Morgan fingerprint density at radius 2 is 1.76 bits per heavy atom. The molecule has 1 aromatic heterocycles. The lowest BCUT2D eigenvalue weighted by Gasteiger charge is -2.43. The summed E-state index contributed by atoms with van der Waals surface area (Å²) in [4.78, 5) is 32.4. The molecular weight excluding hydrogens is 532 g/mol. The molecule has 3 N–H and O–H groups in total. The molecule has 7 nitrogen and oxygen atoms in total. The van der Waals surface area contributed by atoms with Gasteiger partial charge in [0.05, 0.1) is 12.0 Å². The molecule has 0 spiro atoms. The Balaban J connectivity index is 1.39. The fourth-order valence-corrected chi connectivity index (χ4v) is 6.80. The number of nitrogens with one attached hydrogen (secondary N) is 1. The molecule has 0 bridgehead atoms. The van der Waals surface area contributed by atoms with Gasteiger partial charge in [-0.15, -0.1) is 11.3 Å². The van der Waals surface area contributed by atoms with Crippen molar-refractivity contribution in [3.63, 3.8) is 0 Å². The number of amides is 2. The molecule has 5 rings (SSSR count). The second-order valence-corrected chi connectivity index (χ2v) is 12.5. The van der Waals surface area contributed by atoms with Gasteiger partial charge in [0, 0.05) is 37.8 Å². The van der Waals surface area contributed by atoms with Crippen molar-refractivity contribution >= 4 is 23.2 Å². The van der Waals surface area contributed by atoms with Crippen LogP contribution in [0.4, 0.5) is 0 Å². The number of hydrogen-bond acceptors (Lipinski definition) is 6. The Morgan fingerprint density at radius 3 is 2.46 bits per heavy atom. The van der Waals surface area contributed by atoms with E-state index in [4.69, 9.17) is 10.5 Å². The molecule has 2 atom stereocenters. The zero-order chi connectivity index (χ0) is 28.8. The smallest absolute Gasteiger partial charge is 0.264 e. The Kier molecular flexibility index (Phi) is 9.75. The zero-order valence-electron chi connectivity index (χ0n) is 24.1. The van der Waals surface area contributed by atoms with E-state index in [1.807, 2.05) is 34.5 Å². The number of carbonyl (C=O) groups is 2. The monoisotopic (exact) mass is 574 g/mol. The van der Waals surface area contributed by atoms with Gasteiger partial charge in [-0.3, -0.25) is 14.5 Å². The van der Waals surface area contributed by atoms with E-state index in [1.165, 1.54) is 22.5 Å². The number of hydrogen-bond donors (Lipinski definition) is 2. The van der Waals surface area contributed by atoms with Crippen molar-refractivity contribution in [2.24, 2.45) is 5.73 Å². The van der Waals surface area contributed by atoms with Crippen LogP contribution in [-0.4, -0.2) is 59.4 Å². The predicted molar refractivity (Wildman–Crippen MR) is 164 cm³/mol. The van der Waals surface area contributed by atoms with Crippen molar-refractivity contribution in [3.05, 3.63) is 87.6 Å². The highest BCUT2D eigenvalue weighted by atomic mass is 32.1. The summed E-state index contributed by atoms with van der Waals surface area (Å²) in [5.41, 5.74) is 9.74. The number of piperidine rings is 1. The van der Waals surface area contributed by atoms with Crippen LogP contribution in [0.5, 0.6) is 5.75 Å². The van der Waals surface area contributed by atoms with Gasteiger partial charge in [0.1, 0.15) is 11.8 Å². The van der Waals surface area contributed by atoms with E-state index >= 15 is 0 Å². The lowest BCUT2D eigenvalue weighted by molar-refractivity contribution is -0.128. The summed E-state index contributed by atoms with van der Waals surface area (Å²) in [6, 6.07) is 20.5. The van der Waals surface area contributed by atoms with Gasteiger partial charge in [0.25, 0.3) is 5.91 Å². The van der Waals surface area contributed by atoms with Gasteiger partial charge >= 0.3 is 0 Å². The topological polar surface area (TPSA) is 87.9 Å². The van der Waals surface area contributed by atoms with Crippen LogP contribution in [0.1, 0.15) is 64.9 Å². The molecule has 8 heteroatoms. The third kappa shape index (κ3) is 7.56. The first kappa shape index (κ1) is 29.3. The number of ether oxygens (including phenoxy) is 1. The van der Waals surface area contributed by atoms with Crippen molar-refractivity contribution in [2.45, 2.75) is 82.7 Å². The third-order valence-corrected chi connectivity index (χ3v) is 9.39. The van der Waals surface area contributed by atoms with Gasteiger partial charge in [-0.25, -0.2) is 0 Å². The van der Waals surface area contributed by atoms with Crippen LogP contribution < -0.4 is 15.8 Å². The minimum atomic E-state index is -0.523. The van der Waals surface area contributed by atoms with Gasteiger partial charge < -0.3 is 20.7 Å². The minimum Gasteiger partial charge on any atom is -0.497 e. The third-order valence-electron chi connectivity index (χ3n) is 8.53. The van der Waals surface area contributed by atoms with E-state index in [-0.39, 0.29) is 29.9 Å². The largest absolute Gasteiger partial charge is 0.497 e. The first-order valence-electron chi connectivity index (χ1n) is 14.7. The maximum atomic E-state index is 13.9. The quantitative estimate of drug-likeness (QED) is 0.370. The lowest BCUT2D eigenvalue weighted by atomic mass is 9.90. The maximum Gasteiger partial charge on any atom is 0.264 e. The summed E-state index contributed by atoms with van der Waals surface area (Å²) < 4.78 is 5.49. The van der Waals surface area contributed by atoms with Crippen LogP contribution in [-0.2, 0) is 17.9 Å². The van der Waals surface area contributed by atoms with Gasteiger partial charge in [0.2, 0.25) is 5.91 Å². The van der Waals surface area contributed by atoms with Crippen LogP contribution in [0.15, 0.2) is 66.0 Å². The summed E-state index contributed by atoms with van der Waals surface area (Å²) >= 11 is 1.43. The summed E-state index contributed by atoms with van der Waals surface area (Å²) in [6.07, 6.45) is 5.00. The van der Waals surface area contributed by atoms with E-state index < -0.39 is 6.04 Å². The molecule has 218 valence electrons. The molecule has 1 unspecified atom stereocenters. The van der Waals surface area contributed by atoms with Crippen LogP contribution >= 0.6 is 11.3 Å². The summed E-state index contributed by atoms with van der Waals surface area (Å²) in [5, 5.41) is 5.21. The number of likely N-dealkylation sites (tertiary alicyclic amines) is 1. The van der Waals surface area contributed by atoms with Crippen LogP contribution in [0.3, 0.4) is 0 Å². The molecule has 2 aliphatic rings. The minimum absolute atomic E-state index is 0.0447. The van der Waals surface area contributed by atoms with E-state index in [0.29, 0.717) is 17.8 Å². The highest BCUT2D eigenvalue weighted by Gasteiger charge is 2.39. The molecule has 2 aromatic carbocycles. The molecule has 2 heterocycles. The molecular formula is C33H42N4O3S. The van der Waals surface area contributed by atoms with Gasteiger partial charge in [-0.2, -0.15) is 0 Å². The Bertz CT molecular complexity index is 1290. The van der Waals surface area contributed by atoms with E-state index in [1.54, 1.807) is 7.11 Å². The molecule has 1 aliphatic heterocycles. The average molecular weight is 575 g/mol. The number of aryl methyl sites for hydroxylation is 1. The van der Waals surface area contributed by atoms with Crippen molar-refractivity contribution < 1.29 is 14.3 Å². The normalized spacial score (nSPS) is 22.9.